The van der Waals surface area contributed by atoms with E-state index in [2.05, 4.69) is 40.1 Å². The van der Waals surface area contributed by atoms with Gasteiger partial charge < -0.3 is 4.90 Å². The molecule has 1 heterocycles. The molecular weight excluding hydrogens is 339 g/mol. The molecule has 4 heteroatoms. The standard InChI is InChI=1S/C20H22Cl2N2/c21-17-6-7-20(19(22)13-17)24-10-8-23(9-11-24)14-16-12-18(16)15-4-2-1-3-5-15/h1-7,13,16,18H,8-12,14H2/t16-,18-/m1/s1. The zero-order valence-electron chi connectivity index (χ0n) is 13.7. The maximum Gasteiger partial charge on any atom is 0.0654 e. The Morgan fingerprint density at radius 2 is 1.67 bits per heavy atom. The van der Waals surface area contributed by atoms with E-state index in [4.69, 9.17) is 23.2 Å². The average Bonchev–Trinajstić information content (AvgIpc) is 3.36. The van der Waals surface area contributed by atoms with E-state index in [1.54, 1.807) is 0 Å². The molecule has 24 heavy (non-hydrogen) atoms. The molecule has 1 aliphatic heterocycles. The van der Waals surface area contributed by atoms with Crippen LogP contribution in [-0.4, -0.2) is 37.6 Å². The molecule has 0 unspecified atom stereocenters. The lowest BCUT2D eigenvalue weighted by atomic mass is 10.1. The molecule has 2 atom stereocenters. The molecule has 2 aromatic carbocycles. The summed E-state index contributed by atoms with van der Waals surface area (Å²) < 4.78 is 0. The molecule has 0 spiro atoms. The zero-order valence-corrected chi connectivity index (χ0v) is 15.2. The Hall–Kier alpha value is -1.22. The van der Waals surface area contributed by atoms with Crippen LogP contribution < -0.4 is 4.90 Å². The fraction of sp³-hybridized carbons (Fsp3) is 0.400. The van der Waals surface area contributed by atoms with Crippen molar-refractivity contribution in [2.24, 2.45) is 5.92 Å². The van der Waals surface area contributed by atoms with Crippen molar-refractivity contribution in [3.63, 3.8) is 0 Å². The second-order valence-corrected chi connectivity index (χ2v) is 7.74. The van der Waals surface area contributed by atoms with Crippen LogP contribution in [-0.2, 0) is 0 Å². The minimum atomic E-state index is 0.697. The molecule has 0 aromatic heterocycles. The van der Waals surface area contributed by atoms with Crippen molar-refractivity contribution in [3.8, 4) is 0 Å². The molecule has 1 saturated carbocycles. The van der Waals surface area contributed by atoms with Gasteiger partial charge in [-0.1, -0.05) is 53.5 Å². The third-order valence-electron chi connectivity index (χ3n) is 5.27. The van der Waals surface area contributed by atoms with Crippen LogP contribution in [0.4, 0.5) is 5.69 Å². The highest BCUT2D eigenvalue weighted by molar-refractivity contribution is 6.36. The maximum absolute atomic E-state index is 6.34. The SMILES string of the molecule is Clc1ccc(N2CCN(C[C@H]3C[C@@H]3c3ccccc3)CC2)c(Cl)c1. The molecule has 1 aliphatic carbocycles. The van der Waals surface area contributed by atoms with Crippen molar-refractivity contribution in [2.45, 2.75) is 12.3 Å². The number of piperazine rings is 1. The maximum atomic E-state index is 6.34. The molecule has 2 nitrogen and oxygen atoms in total. The van der Waals surface area contributed by atoms with Gasteiger partial charge in [-0.2, -0.15) is 0 Å². The summed E-state index contributed by atoms with van der Waals surface area (Å²) in [6, 6.07) is 16.7. The lowest BCUT2D eigenvalue weighted by molar-refractivity contribution is 0.246. The van der Waals surface area contributed by atoms with Gasteiger partial charge in [0, 0.05) is 37.7 Å². The molecule has 0 amide bonds. The molecule has 2 aliphatic rings. The van der Waals surface area contributed by atoms with Crippen LogP contribution in [0.3, 0.4) is 0 Å². The number of rotatable bonds is 4. The number of halogens is 2. The smallest absolute Gasteiger partial charge is 0.0654 e. The first-order valence-electron chi connectivity index (χ1n) is 8.68. The fourth-order valence-electron chi connectivity index (χ4n) is 3.80. The van der Waals surface area contributed by atoms with Crippen LogP contribution in [0.1, 0.15) is 17.9 Å². The first-order chi connectivity index (χ1) is 11.7. The molecule has 2 aromatic rings. The van der Waals surface area contributed by atoms with Crippen LogP contribution in [0, 0.1) is 5.92 Å². The Balaban J connectivity index is 1.29. The Kier molecular flexibility index (Phi) is 4.71. The summed E-state index contributed by atoms with van der Waals surface area (Å²) in [5, 5.41) is 1.45. The van der Waals surface area contributed by atoms with Gasteiger partial charge in [0.2, 0.25) is 0 Å². The van der Waals surface area contributed by atoms with Crippen LogP contribution in [0.25, 0.3) is 0 Å². The first kappa shape index (κ1) is 16.3. The molecule has 1 saturated heterocycles. The van der Waals surface area contributed by atoms with Crippen molar-refractivity contribution in [2.75, 3.05) is 37.6 Å². The van der Waals surface area contributed by atoms with E-state index in [1.165, 1.54) is 18.5 Å². The van der Waals surface area contributed by atoms with Crippen LogP contribution in [0.2, 0.25) is 10.0 Å². The quantitative estimate of drug-likeness (QED) is 0.763. The highest BCUT2D eigenvalue weighted by Gasteiger charge is 2.39. The number of hydrogen-bond acceptors (Lipinski definition) is 2. The van der Waals surface area contributed by atoms with Crippen molar-refractivity contribution in [1.29, 1.82) is 0 Å². The normalized spacial score (nSPS) is 24.2. The zero-order chi connectivity index (χ0) is 16.5. The highest BCUT2D eigenvalue weighted by atomic mass is 35.5. The highest BCUT2D eigenvalue weighted by Crippen LogP contribution is 2.47. The van der Waals surface area contributed by atoms with Gasteiger partial charge in [-0.05, 0) is 42.0 Å². The second-order valence-electron chi connectivity index (χ2n) is 6.90. The molecule has 0 N–H and O–H groups in total. The van der Waals surface area contributed by atoms with E-state index in [9.17, 15) is 0 Å². The summed E-state index contributed by atoms with van der Waals surface area (Å²) in [5.74, 6) is 1.60. The molecule has 2 fully saturated rings. The van der Waals surface area contributed by atoms with Gasteiger partial charge in [-0.15, -0.1) is 0 Å². The number of nitrogens with zero attached hydrogens (tertiary/aromatic N) is 2. The Morgan fingerprint density at radius 1 is 0.917 bits per heavy atom. The lowest BCUT2D eigenvalue weighted by Gasteiger charge is -2.36. The third-order valence-corrected chi connectivity index (χ3v) is 5.80. The van der Waals surface area contributed by atoms with E-state index in [0.717, 1.165) is 48.7 Å². The Morgan fingerprint density at radius 3 is 2.38 bits per heavy atom. The molecule has 4 rings (SSSR count). The minimum absolute atomic E-state index is 0.697. The third kappa shape index (κ3) is 3.56. The number of anilines is 1. The summed E-state index contributed by atoms with van der Waals surface area (Å²) in [6.07, 6.45) is 1.34. The molecule has 126 valence electrons. The van der Waals surface area contributed by atoms with E-state index >= 15 is 0 Å². The van der Waals surface area contributed by atoms with Gasteiger partial charge in [0.1, 0.15) is 0 Å². The van der Waals surface area contributed by atoms with Gasteiger partial charge in [0.15, 0.2) is 0 Å². The van der Waals surface area contributed by atoms with E-state index < -0.39 is 0 Å². The Bertz CT molecular complexity index is 696. The number of hydrogen-bond donors (Lipinski definition) is 0. The fourth-order valence-corrected chi connectivity index (χ4v) is 4.33. The average molecular weight is 361 g/mol. The van der Waals surface area contributed by atoms with E-state index in [0.29, 0.717) is 5.02 Å². The van der Waals surface area contributed by atoms with Crippen LogP contribution in [0.15, 0.2) is 48.5 Å². The van der Waals surface area contributed by atoms with Crippen molar-refractivity contribution in [3.05, 3.63) is 64.1 Å². The topological polar surface area (TPSA) is 6.48 Å². The van der Waals surface area contributed by atoms with E-state index in [1.807, 2.05) is 18.2 Å². The van der Waals surface area contributed by atoms with Crippen molar-refractivity contribution in [1.82, 2.24) is 4.90 Å². The first-order valence-corrected chi connectivity index (χ1v) is 9.43. The largest absolute Gasteiger partial charge is 0.368 e. The summed E-state index contributed by atoms with van der Waals surface area (Å²) in [4.78, 5) is 4.98. The minimum Gasteiger partial charge on any atom is -0.368 e. The summed E-state index contributed by atoms with van der Waals surface area (Å²) in [5.41, 5.74) is 2.61. The lowest BCUT2D eigenvalue weighted by Crippen LogP contribution is -2.47. The van der Waals surface area contributed by atoms with Gasteiger partial charge in [-0.3, -0.25) is 4.90 Å². The predicted molar refractivity (Wildman–Crippen MR) is 102 cm³/mol. The van der Waals surface area contributed by atoms with Crippen molar-refractivity contribution < 1.29 is 0 Å². The summed E-state index contributed by atoms with van der Waals surface area (Å²) in [7, 11) is 0. The monoisotopic (exact) mass is 360 g/mol. The van der Waals surface area contributed by atoms with Crippen LogP contribution in [0.5, 0.6) is 0 Å². The van der Waals surface area contributed by atoms with Crippen molar-refractivity contribution >= 4 is 28.9 Å². The van der Waals surface area contributed by atoms with Gasteiger partial charge >= 0.3 is 0 Å². The van der Waals surface area contributed by atoms with E-state index in [-0.39, 0.29) is 0 Å². The summed E-state index contributed by atoms with van der Waals surface area (Å²) >= 11 is 12.3. The predicted octanol–water partition coefficient (Wildman–Crippen LogP) is 4.92. The summed E-state index contributed by atoms with van der Waals surface area (Å²) in [6.45, 7) is 5.50. The molecule has 0 bridgehead atoms. The van der Waals surface area contributed by atoms with Gasteiger partial charge in [0.25, 0.3) is 0 Å². The van der Waals surface area contributed by atoms with Gasteiger partial charge in [-0.25, -0.2) is 0 Å². The number of benzene rings is 2. The van der Waals surface area contributed by atoms with Gasteiger partial charge in [0.05, 0.1) is 10.7 Å². The Labute approximate surface area is 154 Å². The van der Waals surface area contributed by atoms with Crippen LogP contribution >= 0.6 is 23.2 Å². The molecule has 0 radical (unpaired) electrons. The molecular formula is C20H22Cl2N2. The second kappa shape index (κ2) is 6.95.